The molecular formula is C7H11ClO2. The van der Waals surface area contributed by atoms with Crippen LogP contribution in [-0.2, 0) is 4.74 Å². The van der Waals surface area contributed by atoms with E-state index in [4.69, 9.17) is 11.6 Å². The number of hydrogen-bond donors (Lipinski definition) is 0. The van der Waals surface area contributed by atoms with Crippen molar-refractivity contribution in [2.24, 2.45) is 0 Å². The van der Waals surface area contributed by atoms with Crippen molar-refractivity contribution in [1.82, 2.24) is 0 Å². The fourth-order valence-electron chi connectivity index (χ4n) is 0.543. The summed E-state index contributed by atoms with van der Waals surface area (Å²) in [5.41, 5.74) is -0.724. The predicted molar refractivity (Wildman–Crippen MR) is 41.2 cm³/mol. The molecule has 10 heavy (non-hydrogen) atoms. The lowest BCUT2D eigenvalue weighted by molar-refractivity contribution is 0.171. The average molecular weight is 163 g/mol. The molecule has 0 aliphatic rings. The van der Waals surface area contributed by atoms with Gasteiger partial charge in [0.05, 0.1) is 6.61 Å². The summed E-state index contributed by atoms with van der Waals surface area (Å²) in [6.07, 6.45) is 4.64. The molecule has 0 rings (SSSR count). The molecule has 0 aromatic rings. The van der Waals surface area contributed by atoms with Crippen molar-refractivity contribution >= 4 is 17.0 Å². The minimum Gasteiger partial charge on any atom is -0.454 e. The molecule has 0 N–H and O–H groups in total. The van der Waals surface area contributed by atoms with Gasteiger partial charge >= 0.3 is 5.43 Å². The topological polar surface area (TPSA) is 26.3 Å². The van der Waals surface area contributed by atoms with Gasteiger partial charge in [-0.25, -0.2) is 4.79 Å². The first-order chi connectivity index (χ1) is 4.77. The van der Waals surface area contributed by atoms with Crippen LogP contribution < -0.4 is 0 Å². The summed E-state index contributed by atoms with van der Waals surface area (Å²) < 4.78 is 4.48. The highest BCUT2D eigenvalue weighted by atomic mass is 35.5. The number of carbonyl (C=O) groups excluding carboxylic acids is 1. The van der Waals surface area contributed by atoms with E-state index < -0.39 is 5.43 Å². The number of ether oxygens (including phenoxy) is 1. The fraction of sp³-hybridized carbons (Fsp3) is 0.571. The van der Waals surface area contributed by atoms with Crippen LogP contribution in [0.4, 0.5) is 4.79 Å². The highest BCUT2D eigenvalue weighted by molar-refractivity contribution is 6.61. The van der Waals surface area contributed by atoms with Crippen LogP contribution in [-0.4, -0.2) is 12.0 Å². The Morgan fingerprint density at radius 1 is 1.60 bits per heavy atom. The van der Waals surface area contributed by atoms with Gasteiger partial charge in [-0.3, -0.25) is 0 Å². The Morgan fingerprint density at radius 2 is 2.30 bits per heavy atom. The third kappa shape index (κ3) is 7.50. The SMILES string of the molecule is C=CCCCCOC(=O)Cl. The second-order valence-corrected chi connectivity index (χ2v) is 2.18. The molecule has 0 aliphatic heterocycles. The Kier molecular flexibility index (Phi) is 6.29. The molecule has 0 radical (unpaired) electrons. The molecule has 0 spiro atoms. The molecule has 0 atom stereocenters. The van der Waals surface area contributed by atoms with Gasteiger partial charge in [0.2, 0.25) is 0 Å². The van der Waals surface area contributed by atoms with E-state index in [1.54, 1.807) is 0 Å². The highest BCUT2D eigenvalue weighted by Crippen LogP contribution is 1.97. The van der Waals surface area contributed by atoms with Crippen LogP contribution in [0.15, 0.2) is 12.7 Å². The Labute approximate surface area is 65.8 Å². The molecule has 0 aromatic carbocycles. The van der Waals surface area contributed by atoms with E-state index in [9.17, 15) is 4.79 Å². The van der Waals surface area contributed by atoms with Crippen LogP contribution in [0.25, 0.3) is 0 Å². The summed E-state index contributed by atoms with van der Waals surface area (Å²) >= 11 is 4.91. The maximum atomic E-state index is 10.00. The fourth-order valence-corrected chi connectivity index (χ4v) is 0.620. The van der Waals surface area contributed by atoms with Gasteiger partial charge < -0.3 is 4.74 Å². The summed E-state index contributed by atoms with van der Waals surface area (Å²) in [6, 6.07) is 0. The van der Waals surface area contributed by atoms with Crippen LogP contribution in [0, 0.1) is 0 Å². The molecule has 0 amide bonds. The van der Waals surface area contributed by atoms with E-state index in [-0.39, 0.29) is 0 Å². The molecule has 0 saturated carbocycles. The zero-order valence-corrected chi connectivity index (χ0v) is 6.56. The van der Waals surface area contributed by atoms with Crippen molar-refractivity contribution in [1.29, 1.82) is 0 Å². The van der Waals surface area contributed by atoms with E-state index in [1.807, 2.05) is 6.08 Å². The Morgan fingerprint density at radius 3 is 2.80 bits per heavy atom. The lowest BCUT2D eigenvalue weighted by atomic mass is 10.2. The van der Waals surface area contributed by atoms with Crippen LogP contribution >= 0.6 is 11.6 Å². The molecule has 0 fully saturated rings. The summed E-state index contributed by atoms with van der Waals surface area (Å²) in [6.45, 7) is 3.97. The van der Waals surface area contributed by atoms with E-state index >= 15 is 0 Å². The zero-order chi connectivity index (χ0) is 7.82. The molecule has 0 unspecified atom stereocenters. The summed E-state index contributed by atoms with van der Waals surface area (Å²) in [5.74, 6) is 0. The smallest absolute Gasteiger partial charge is 0.403 e. The molecule has 0 aromatic heterocycles. The summed E-state index contributed by atoms with van der Waals surface area (Å²) in [4.78, 5) is 10.00. The van der Waals surface area contributed by atoms with Crippen molar-refractivity contribution in [3.05, 3.63) is 12.7 Å². The Balaban J connectivity index is 2.90. The molecule has 3 heteroatoms. The van der Waals surface area contributed by atoms with E-state index in [0.717, 1.165) is 19.3 Å². The minimum atomic E-state index is -0.724. The van der Waals surface area contributed by atoms with Gasteiger partial charge in [-0.15, -0.1) is 6.58 Å². The standard InChI is InChI=1S/C7H11ClO2/c1-2-3-4-5-6-10-7(8)9/h2H,1,3-6H2. The number of allylic oxidation sites excluding steroid dienone is 1. The highest BCUT2D eigenvalue weighted by Gasteiger charge is 1.92. The predicted octanol–water partition coefficient (Wildman–Crippen LogP) is 2.72. The largest absolute Gasteiger partial charge is 0.454 e. The molecule has 0 bridgehead atoms. The van der Waals surface area contributed by atoms with Gasteiger partial charge in [0, 0.05) is 11.6 Å². The molecule has 0 heterocycles. The first-order valence-electron chi connectivity index (χ1n) is 3.20. The zero-order valence-electron chi connectivity index (χ0n) is 5.81. The maximum Gasteiger partial charge on any atom is 0.403 e. The summed E-state index contributed by atoms with van der Waals surface area (Å²) in [7, 11) is 0. The number of carbonyl (C=O) groups is 1. The molecular weight excluding hydrogens is 152 g/mol. The normalized spacial score (nSPS) is 8.90. The van der Waals surface area contributed by atoms with Crippen molar-refractivity contribution in [2.45, 2.75) is 19.3 Å². The summed E-state index contributed by atoms with van der Waals surface area (Å²) in [5, 5.41) is 0. The van der Waals surface area contributed by atoms with Crippen molar-refractivity contribution < 1.29 is 9.53 Å². The quantitative estimate of drug-likeness (QED) is 0.353. The monoisotopic (exact) mass is 162 g/mol. The third-order valence-electron chi connectivity index (χ3n) is 1.02. The van der Waals surface area contributed by atoms with E-state index in [1.165, 1.54) is 0 Å². The second kappa shape index (κ2) is 6.62. The molecule has 0 saturated heterocycles. The van der Waals surface area contributed by atoms with Crippen LogP contribution in [0.1, 0.15) is 19.3 Å². The van der Waals surface area contributed by atoms with Gasteiger partial charge in [-0.05, 0) is 19.3 Å². The van der Waals surface area contributed by atoms with Gasteiger partial charge in [0.15, 0.2) is 0 Å². The number of unbranched alkanes of at least 4 members (excludes halogenated alkanes) is 2. The third-order valence-corrected chi connectivity index (χ3v) is 1.13. The van der Waals surface area contributed by atoms with E-state index in [0.29, 0.717) is 6.61 Å². The molecule has 0 aliphatic carbocycles. The first kappa shape index (κ1) is 9.50. The minimum absolute atomic E-state index is 0.413. The first-order valence-corrected chi connectivity index (χ1v) is 3.58. The van der Waals surface area contributed by atoms with Gasteiger partial charge in [0.1, 0.15) is 0 Å². The average Bonchev–Trinajstić information content (AvgIpc) is 1.87. The van der Waals surface area contributed by atoms with Gasteiger partial charge in [-0.1, -0.05) is 6.08 Å². The van der Waals surface area contributed by atoms with Gasteiger partial charge in [-0.2, -0.15) is 0 Å². The van der Waals surface area contributed by atoms with Crippen LogP contribution in [0.2, 0.25) is 0 Å². The van der Waals surface area contributed by atoms with Crippen molar-refractivity contribution in [3.63, 3.8) is 0 Å². The molecule has 2 nitrogen and oxygen atoms in total. The van der Waals surface area contributed by atoms with Crippen molar-refractivity contribution in [2.75, 3.05) is 6.61 Å². The number of hydrogen-bond acceptors (Lipinski definition) is 2. The molecule has 58 valence electrons. The lowest BCUT2D eigenvalue weighted by Crippen LogP contribution is -1.95. The second-order valence-electron chi connectivity index (χ2n) is 1.87. The Hall–Kier alpha value is -0.500. The lowest BCUT2D eigenvalue weighted by Gasteiger charge is -1.97. The van der Waals surface area contributed by atoms with Crippen LogP contribution in [0.5, 0.6) is 0 Å². The number of halogens is 1. The number of rotatable bonds is 5. The van der Waals surface area contributed by atoms with Gasteiger partial charge in [0.25, 0.3) is 0 Å². The van der Waals surface area contributed by atoms with Crippen molar-refractivity contribution in [3.8, 4) is 0 Å². The Bertz CT molecular complexity index is 112. The maximum absolute atomic E-state index is 10.00. The van der Waals surface area contributed by atoms with Crippen LogP contribution in [0.3, 0.4) is 0 Å². The van der Waals surface area contributed by atoms with E-state index in [2.05, 4.69) is 11.3 Å².